The summed E-state index contributed by atoms with van der Waals surface area (Å²) >= 11 is 1.49. The SMILES string of the molecule is Cc1cc(S(=O)(=O)Nc2ccc(C(C)C)cc2)c(C)s1. The van der Waals surface area contributed by atoms with Gasteiger partial charge in [-0.2, -0.15) is 0 Å². The van der Waals surface area contributed by atoms with Gasteiger partial charge < -0.3 is 0 Å². The molecule has 0 spiro atoms. The van der Waals surface area contributed by atoms with Gasteiger partial charge in [0.05, 0.1) is 0 Å². The van der Waals surface area contributed by atoms with Crippen LogP contribution in [0, 0.1) is 13.8 Å². The van der Waals surface area contributed by atoms with E-state index in [0.29, 0.717) is 16.5 Å². The highest BCUT2D eigenvalue weighted by Gasteiger charge is 2.19. The van der Waals surface area contributed by atoms with E-state index in [4.69, 9.17) is 0 Å². The summed E-state index contributed by atoms with van der Waals surface area (Å²) in [4.78, 5) is 2.18. The number of anilines is 1. The third-order valence-corrected chi connectivity index (χ3v) is 5.72. The molecule has 2 rings (SSSR count). The van der Waals surface area contributed by atoms with E-state index in [2.05, 4.69) is 18.6 Å². The highest BCUT2D eigenvalue weighted by Crippen LogP contribution is 2.27. The molecule has 0 amide bonds. The van der Waals surface area contributed by atoms with E-state index in [9.17, 15) is 8.42 Å². The summed E-state index contributed by atoms with van der Waals surface area (Å²) in [6.07, 6.45) is 0. The van der Waals surface area contributed by atoms with Crippen molar-refractivity contribution in [3.8, 4) is 0 Å². The lowest BCUT2D eigenvalue weighted by molar-refractivity contribution is 0.601. The smallest absolute Gasteiger partial charge is 0.262 e. The minimum Gasteiger partial charge on any atom is -0.280 e. The third kappa shape index (κ3) is 3.22. The molecular weight excluding hydrogens is 290 g/mol. The minimum absolute atomic E-state index is 0.368. The van der Waals surface area contributed by atoms with Gasteiger partial charge in [-0.3, -0.25) is 4.72 Å². The molecule has 0 aliphatic heterocycles. The lowest BCUT2D eigenvalue weighted by atomic mass is 10.0. The molecule has 0 aliphatic carbocycles. The second kappa shape index (κ2) is 5.58. The molecule has 0 aliphatic rings. The van der Waals surface area contributed by atoms with Crippen molar-refractivity contribution in [1.82, 2.24) is 0 Å². The maximum Gasteiger partial charge on any atom is 0.262 e. The van der Waals surface area contributed by atoms with Crippen LogP contribution in [0.4, 0.5) is 5.69 Å². The van der Waals surface area contributed by atoms with E-state index in [1.165, 1.54) is 16.9 Å². The van der Waals surface area contributed by atoms with E-state index >= 15 is 0 Å². The summed E-state index contributed by atoms with van der Waals surface area (Å²) in [6, 6.07) is 9.23. The molecule has 0 saturated carbocycles. The molecule has 0 saturated heterocycles. The van der Waals surface area contributed by atoms with Crippen molar-refractivity contribution in [3.63, 3.8) is 0 Å². The van der Waals surface area contributed by atoms with Gasteiger partial charge in [0.15, 0.2) is 0 Å². The van der Waals surface area contributed by atoms with E-state index in [-0.39, 0.29) is 0 Å². The highest BCUT2D eigenvalue weighted by molar-refractivity contribution is 7.93. The van der Waals surface area contributed by atoms with Crippen LogP contribution in [0.5, 0.6) is 0 Å². The first-order chi connectivity index (χ1) is 9.29. The van der Waals surface area contributed by atoms with Gasteiger partial charge in [-0.15, -0.1) is 11.3 Å². The molecule has 1 N–H and O–H groups in total. The van der Waals surface area contributed by atoms with Crippen LogP contribution in [0.1, 0.15) is 35.1 Å². The number of thiophene rings is 1. The maximum absolute atomic E-state index is 12.4. The predicted octanol–water partition coefficient (Wildman–Crippen LogP) is 4.29. The summed E-state index contributed by atoms with van der Waals surface area (Å²) in [5.41, 5.74) is 1.79. The quantitative estimate of drug-likeness (QED) is 0.915. The molecule has 0 unspecified atom stereocenters. The summed E-state index contributed by atoms with van der Waals surface area (Å²) in [5.74, 6) is 0.433. The van der Waals surface area contributed by atoms with Gasteiger partial charge in [-0.1, -0.05) is 26.0 Å². The van der Waals surface area contributed by atoms with Crippen LogP contribution in [0.3, 0.4) is 0 Å². The van der Waals surface area contributed by atoms with Crippen LogP contribution in [-0.2, 0) is 10.0 Å². The number of sulfonamides is 1. The molecule has 20 heavy (non-hydrogen) atoms. The van der Waals surface area contributed by atoms with Gasteiger partial charge in [0, 0.05) is 15.4 Å². The Labute approximate surface area is 124 Å². The summed E-state index contributed by atoms with van der Waals surface area (Å²) in [5, 5.41) is 0. The van der Waals surface area contributed by atoms with Gasteiger partial charge >= 0.3 is 0 Å². The van der Waals surface area contributed by atoms with Crippen molar-refractivity contribution in [2.75, 3.05) is 4.72 Å². The van der Waals surface area contributed by atoms with Crippen molar-refractivity contribution < 1.29 is 8.42 Å². The monoisotopic (exact) mass is 309 g/mol. The van der Waals surface area contributed by atoms with Crippen LogP contribution in [0.15, 0.2) is 35.2 Å². The molecule has 0 atom stereocenters. The van der Waals surface area contributed by atoms with Gasteiger partial charge in [-0.25, -0.2) is 8.42 Å². The number of nitrogens with one attached hydrogen (secondary N) is 1. The lowest BCUT2D eigenvalue weighted by Crippen LogP contribution is -2.13. The van der Waals surface area contributed by atoms with Gasteiger partial charge in [0.25, 0.3) is 10.0 Å². The zero-order valence-corrected chi connectivity index (χ0v) is 13.7. The zero-order chi connectivity index (χ0) is 14.9. The van der Waals surface area contributed by atoms with Crippen LogP contribution in [0.2, 0.25) is 0 Å². The molecule has 1 aromatic carbocycles. The Kier molecular flexibility index (Phi) is 4.20. The third-order valence-electron chi connectivity index (χ3n) is 3.11. The molecule has 0 radical (unpaired) electrons. The number of benzene rings is 1. The predicted molar refractivity (Wildman–Crippen MR) is 85.1 cm³/mol. The second-order valence-electron chi connectivity index (χ2n) is 5.16. The van der Waals surface area contributed by atoms with E-state index < -0.39 is 10.0 Å². The van der Waals surface area contributed by atoms with Crippen LogP contribution < -0.4 is 4.72 Å². The first-order valence-corrected chi connectivity index (χ1v) is 8.79. The Bertz CT molecular complexity index is 698. The number of hydrogen-bond donors (Lipinski definition) is 1. The standard InChI is InChI=1S/C15H19NO2S2/c1-10(2)13-5-7-14(8-6-13)16-20(17,18)15-9-11(3)19-12(15)4/h5-10,16H,1-4H3. The Morgan fingerprint density at radius 2 is 1.70 bits per heavy atom. The molecule has 1 heterocycles. The summed E-state index contributed by atoms with van der Waals surface area (Å²) in [7, 11) is -3.50. The minimum atomic E-state index is -3.50. The zero-order valence-electron chi connectivity index (χ0n) is 12.1. The fraction of sp³-hybridized carbons (Fsp3) is 0.333. The highest BCUT2D eigenvalue weighted by atomic mass is 32.2. The number of rotatable bonds is 4. The molecule has 0 bridgehead atoms. The van der Waals surface area contributed by atoms with Crippen molar-refractivity contribution in [1.29, 1.82) is 0 Å². The Morgan fingerprint density at radius 3 is 2.15 bits per heavy atom. The lowest BCUT2D eigenvalue weighted by Gasteiger charge is -2.10. The Balaban J connectivity index is 2.26. The van der Waals surface area contributed by atoms with Crippen LogP contribution in [0.25, 0.3) is 0 Å². The van der Waals surface area contributed by atoms with Crippen molar-refractivity contribution in [3.05, 3.63) is 45.6 Å². The van der Waals surface area contributed by atoms with Crippen molar-refractivity contribution in [2.45, 2.75) is 38.5 Å². The van der Waals surface area contributed by atoms with Gasteiger partial charge in [0.2, 0.25) is 0 Å². The summed E-state index contributed by atoms with van der Waals surface area (Å²) in [6.45, 7) is 7.95. The maximum atomic E-state index is 12.4. The molecule has 3 nitrogen and oxygen atoms in total. The fourth-order valence-electron chi connectivity index (χ4n) is 2.02. The van der Waals surface area contributed by atoms with Crippen LogP contribution in [-0.4, -0.2) is 8.42 Å². The van der Waals surface area contributed by atoms with E-state index in [1.54, 1.807) is 18.2 Å². The molecule has 5 heteroatoms. The van der Waals surface area contributed by atoms with Gasteiger partial charge in [-0.05, 0) is 43.5 Å². The van der Waals surface area contributed by atoms with Crippen molar-refractivity contribution >= 4 is 27.0 Å². The van der Waals surface area contributed by atoms with Gasteiger partial charge in [0.1, 0.15) is 4.90 Å². The van der Waals surface area contributed by atoms with Crippen molar-refractivity contribution in [2.24, 2.45) is 0 Å². The topological polar surface area (TPSA) is 46.2 Å². The molecular formula is C15H19NO2S2. The first-order valence-electron chi connectivity index (χ1n) is 6.49. The van der Waals surface area contributed by atoms with E-state index in [1.807, 2.05) is 26.0 Å². The Hall–Kier alpha value is -1.33. The Morgan fingerprint density at radius 1 is 1.10 bits per heavy atom. The normalized spacial score (nSPS) is 11.8. The fourth-order valence-corrected chi connectivity index (χ4v) is 4.64. The molecule has 1 aromatic heterocycles. The number of hydrogen-bond acceptors (Lipinski definition) is 3. The molecule has 0 fully saturated rings. The van der Waals surface area contributed by atoms with Crippen LogP contribution >= 0.6 is 11.3 Å². The largest absolute Gasteiger partial charge is 0.280 e. The molecule has 108 valence electrons. The second-order valence-corrected chi connectivity index (χ2v) is 8.27. The average molecular weight is 309 g/mol. The van der Waals surface area contributed by atoms with E-state index in [0.717, 1.165) is 9.75 Å². The summed E-state index contributed by atoms with van der Waals surface area (Å²) < 4.78 is 27.3. The molecule has 2 aromatic rings. The first kappa shape index (κ1) is 15.1. The average Bonchev–Trinajstić information content (AvgIpc) is 2.69. The number of aryl methyl sites for hydroxylation is 2.